The number of hydrogen-bond donors (Lipinski definition) is 0. The molecule has 0 aliphatic rings. The largest absolute Gasteiger partial charge is 0.289 e. The minimum absolute atomic E-state index is 0.126. The summed E-state index contributed by atoms with van der Waals surface area (Å²) >= 11 is 0. The Kier molecular flexibility index (Phi) is 4.55. The van der Waals surface area contributed by atoms with E-state index in [-0.39, 0.29) is 15.6 Å². The highest BCUT2D eigenvalue weighted by atomic mass is 32.2. The molecule has 0 fully saturated rings. The van der Waals surface area contributed by atoms with Crippen LogP contribution < -0.4 is 0 Å². The molecule has 4 heteroatoms. The average Bonchev–Trinajstić information content (AvgIpc) is 2.62. The molecule has 3 rings (SSSR count). The Morgan fingerprint density at radius 3 is 1.36 bits per heavy atom. The van der Waals surface area contributed by atoms with Crippen molar-refractivity contribution in [2.75, 3.05) is 0 Å². The van der Waals surface area contributed by atoms with E-state index in [1.54, 1.807) is 48.5 Å². The lowest BCUT2D eigenvalue weighted by atomic mass is 10.0. The molecule has 126 valence electrons. The van der Waals surface area contributed by atoms with Crippen LogP contribution in [0.1, 0.15) is 27.0 Å². The summed E-state index contributed by atoms with van der Waals surface area (Å²) in [6.45, 7) is 3.86. The Morgan fingerprint density at radius 2 is 0.920 bits per heavy atom. The van der Waals surface area contributed by atoms with Gasteiger partial charge in [0.1, 0.15) is 0 Å². The van der Waals surface area contributed by atoms with Crippen LogP contribution in [-0.4, -0.2) is 14.2 Å². The van der Waals surface area contributed by atoms with Crippen molar-refractivity contribution in [1.29, 1.82) is 0 Å². The van der Waals surface area contributed by atoms with Gasteiger partial charge < -0.3 is 0 Å². The fourth-order valence-corrected chi connectivity index (χ4v) is 3.77. The molecule has 0 heterocycles. The van der Waals surface area contributed by atoms with Crippen LogP contribution in [0.3, 0.4) is 0 Å². The second-order valence-electron chi connectivity index (χ2n) is 6.04. The van der Waals surface area contributed by atoms with Crippen molar-refractivity contribution >= 4 is 15.6 Å². The Bertz CT molecular complexity index is 998. The number of sulfone groups is 1. The van der Waals surface area contributed by atoms with Gasteiger partial charge in [-0.2, -0.15) is 0 Å². The highest BCUT2D eigenvalue weighted by Crippen LogP contribution is 2.22. The number of aryl methyl sites for hydroxylation is 2. The van der Waals surface area contributed by atoms with E-state index in [0.717, 1.165) is 11.1 Å². The van der Waals surface area contributed by atoms with E-state index in [1.165, 1.54) is 12.1 Å². The third kappa shape index (κ3) is 3.54. The Morgan fingerprint density at radius 1 is 0.600 bits per heavy atom. The fraction of sp³-hybridized carbons (Fsp3) is 0.0952. The van der Waals surface area contributed by atoms with Gasteiger partial charge in [0.25, 0.3) is 0 Å². The van der Waals surface area contributed by atoms with Crippen LogP contribution in [0.15, 0.2) is 82.6 Å². The normalized spacial score (nSPS) is 11.3. The molecule has 25 heavy (non-hydrogen) atoms. The molecule has 0 N–H and O–H groups in total. The van der Waals surface area contributed by atoms with E-state index in [2.05, 4.69) is 0 Å². The van der Waals surface area contributed by atoms with Crippen LogP contribution in [0.5, 0.6) is 0 Å². The number of hydrogen-bond acceptors (Lipinski definition) is 3. The second-order valence-corrected chi connectivity index (χ2v) is 7.99. The lowest BCUT2D eigenvalue weighted by Gasteiger charge is -2.07. The van der Waals surface area contributed by atoms with Crippen molar-refractivity contribution < 1.29 is 13.2 Å². The summed E-state index contributed by atoms with van der Waals surface area (Å²) in [5.41, 5.74) is 3.13. The zero-order valence-electron chi connectivity index (χ0n) is 14.1. The van der Waals surface area contributed by atoms with Crippen LogP contribution in [0.2, 0.25) is 0 Å². The molecule has 3 aromatic rings. The zero-order valence-corrected chi connectivity index (χ0v) is 14.9. The first-order valence-corrected chi connectivity index (χ1v) is 9.39. The van der Waals surface area contributed by atoms with Crippen LogP contribution in [0.4, 0.5) is 0 Å². The third-order valence-electron chi connectivity index (χ3n) is 4.07. The number of benzene rings is 3. The van der Waals surface area contributed by atoms with Crippen LogP contribution >= 0.6 is 0 Å². The summed E-state index contributed by atoms with van der Waals surface area (Å²) in [7, 11) is -3.58. The first kappa shape index (κ1) is 17.1. The molecule has 0 aromatic heterocycles. The lowest BCUT2D eigenvalue weighted by Crippen LogP contribution is -2.04. The SMILES string of the molecule is Cc1ccc(C(=O)c2ccc(S(=O)(=O)c3ccc(C)cc3)cc2)cc1. The Balaban J connectivity index is 1.90. The van der Waals surface area contributed by atoms with Gasteiger partial charge in [-0.3, -0.25) is 4.79 Å². The van der Waals surface area contributed by atoms with E-state index < -0.39 is 9.84 Å². The van der Waals surface area contributed by atoms with Crippen molar-refractivity contribution in [3.63, 3.8) is 0 Å². The maximum atomic E-state index is 12.6. The third-order valence-corrected chi connectivity index (χ3v) is 5.86. The smallest absolute Gasteiger partial charge is 0.206 e. The Labute approximate surface area is 147 Å². The van der Waals surface area contributed by atoms with Crippen molar-refractivity contribution in [2.24, 2.45) is 0 Å². The van der Waals surface area contributed by atoms with Gasteiger partial charge in [0.2, 0.25) is 9.84 Å². The van der Waals surface area contributed by atoms with Gasteiger partial charge in [-0.05, 0) is 50.2 Å². The van der Waals surface area contributed by atoms with Crippen molar-refractivity contribution in [2.45, 2.75) is 23.6 Å². The molecule has 0 radical (unpaired) electrons. The first-order valence-electron chi connectivity index (χ1n) is 7.91. The van der Waals surface area contributed by atoms with Gasteiger partial charge in [0, 0.05) is 11.1 Å². The topological polar surface area (TPSA) is 51.2 Å². The van der Waals surface area contributed by atoms with E-state index in [4.69, 9.17) is 0 Å². The van der Waals surface area contributed by atoms with E-state index >= 15 is 0 Å². The number of ketones is 1. The lowest BCUT2D eigenvalue weighted by molar-refractivity contribution is 0.103. The van der Waals surface area contributed by atoms with E-state index in [9.17, 15) is 13.2 Å². The number of carbonyl (C=O) groups excluding carboxylic acids is 1. The number of carbonyl (C=O) groups is 1. The monoisotopic (exact) mass is 350 g/mol. The summed E-state index contributed by atoms with van der Waals surface area (Å²) in [4.78, 5) is 12.9. The molecule has 0 saturated carbocycles. The summed E-state index contributed by atoms with van der Waals surface area (Å²) < 4.78 is 25.3. The molecule has 0 spiro atoms. The molecular weight excluding hydrogens is 332 g/mol. The highest BCUT2D eigenvalue weighted by Gasteiger charge is 2.18. The molecule has 0 aliphatic carbocycles. The van der Waals surface area contributed by atoms with Gasteiger partial charge in [-0.15, -0.1) is 0 Å². The van der Waals surface area contributed by atoms with E-state index in [0.29, 0.717) is 11.1 Å². The predicted molar refractivity (Wildman–Crippen MR) is 97.7 cm³/mol. The molecule has 0 bridgehead atoms. The summed E-state index contributed by atoms with van der Waals surface area (Å²) in [5, 5.41) is 0. The summed E-state index contributed by atoms with van der Waals surface area (Å²) in [6.07, 6.45) is 0. The van der Waals surface area contributed by atoms with Gasteiger partial charge in [0.05, 0.1) is 9.79 Å². The molecule has 0 atom stereocenters. The molecule has 0 amide bonds. The van der Waals surface area contributed by atoms with Gasteiger partial charge in [-0.25, -0.2) is 8.42 Å². The zero-order chi connectivity index (χ0) is 18.0. The van der Waals surface area contributed by atoms with E-state index in [1.807, 2.05) is 26.0 Å². The van der Waals surface area contributed by atoms with Gasteiger partial charge in [0.15, 0.2) is 5.78 Å². The maximum absolute atomic E-state index is 12.6. The van der Waals surface area contributed by atoms with Crippen LogP contribution in [0, 0.1) is 13.8 Å². The van der Waals surface area contributed by atoms with Crippen LogP contribution in [-0.2, 0) is 9.84 Å². The maximum Gasteiger partial charge on any atom is 0.206 e. The van der Waals surface area contributed by atoms with Gasteiger partial charge in [-0.1, -0.05) is 47.5 Å². The molecule has 3 aromatic carbocycles. The molecule has 3 nitrogen and oxygen atoms in total. The summed E-state index contributed by atoms with van der Waals surface area (Å²) in [6, 6.07) is 20.1. The molecular formula is C21H18O3S. The standard InChI is InChI=1S/C21H18O3S/c1-15-3-7-17(8-4-15)21(22)18-9-13-20(14-10-18)25(23,24)19-11-5-16(2)6-12-19/h3-14H,1-2H3. The van der Waals surface area contributed by atoms with Gasteiger partial charge >= 0.3 is 0 Å². The number of rotatable bonds is 4. The Hall–Kier alpha value is -2.72. The minimum Gasteiger partial charge on any atom is -0.289 e. The van der Waals surface area contributed by atoms with Crippen molar-refractivity contribution in [3.8, 4) is 0 Å². The fourth-order valence-electron chi connectivity index (χ4n) is 2.51. The average molecular weight is 350 g/mol. The minimum atomic E-state index is -3.58. The first-order chi connectivity index (χ1) is 11.9. The second kappa shape index (κ2) is 6.65. The van der Waals surface area contributed by atoms with Crippen molar-refractivity contribution in [3.05, 3.63) is 95.1 Å². The van der Waals surface area contributed by atoms with Crippen molar-refractivity contribution in [1.82, 2.24) is 0 Å². The van der Waals surface area contributed by atoms with Crippen LogP contribution in [0.25, 0.3) is 0 Å². The highest BCUT2D eigenvalue weighted by molar-refractivity contribution is 7.91. The summed E-state index contributed by atoms with van der Waals surface area (Å²) in [5.74, 6) is -0.126. The quantitative estimate of drug-likeness (QED) is 0.657. The molecule has 0 unspecified atom stereocenters. The molecule has 0 saturated heterocycles. The predicted octanol–water partition coefficient (Wildman–Crippen LogP) is 4.37. The molecule has 0 aliphatic heterocycles.